The van der Waals surface area contributed by atoms with Gasteiger partial charge in [0.25, 0.3) is 0 Å². The predicted molar refractivity (Wildman–Crippen MR) is 73.7 cm³/mol. The summed E-state index contributed by atoms with van der Waals surface area (Å²) in [5.41, 5.74) is 1.93. The molecule has 0 bridgehead atoms. The summed E-state index contributed by atoms with van der Waals surface area (Å²) in [7, 11) is 0. The van der Waals surface area contributed by atoms with E-state index in [0.29, 0.717) is 6.42 Å². The highest BCUT2D eigenvalue weighted by atomic mass is 19.4. The van der Waals surface area contributed by atoms with Crippen molar-refractivity contribution in [3.05, 3.63) is 30.5 Å². The molecule has 1 heterocycles. The highest BCUT2D eigenvalue weighted by molar-refractivity contribution is 5.83. The fourth-order valence-corrected chi connectivity index (χ4v) is 3.00. The van der Waals surface area contributed by atoms with E-state index in [4.69, 9.17) is 0 Å². The third-order valence-corrected chi connectivity index (χ3v) is 4.06. The molecule has 2 unspecified atom stereocenters. The van der Waals surface area contributed by atoms with Crippen molar-refractivity contribution in [1.29, 1.82) is 0 Å². The van der Waals surface area contributed by atoms with Crippen LogP contribution in [0.4, 0.5) is 18.9 Å². The molecular weight excluding hydrogens is 265 g/mol. The van der Waals surface area contributed by atoms with E-state index in [1.54, 1.807) is 0 Å². The van der Waals surface area contributed by atoms with Crippen molar-refractivity contribution in [2.75, 3.05) is 5.32 Å². The summed E-state index contributed by atoms with van der Waals surface area (Å²) in [6, 6.07) is 7.70. The lowest BCUT2D eigenvalue weighted by Crippen LogP contribution is -2.34. The van der Waals surface area contributed by atoms with Crippen molar-refractivity contribution in [2.24, 2.45) is 5.92 Å². The van der Waals surface area contributed by atoms with Gasteiger partial charge in [0.2, 0.25) is 0 Å². The first-order valence-corrected chi connectivity index (χ1v) is 6.93. The maximum absolute atomic E-state index is 12.8. The van der Waals surface area contributed by atoms with Crippen LogP contribution in [0.15, 0.2) is 30.5 Å². The van der Waals surface area contributed by atoms with Gasteiger partial charge in [0.05, 0.1) is 5.92 Å². The summed E-state index contributed by atoms with van der Waals surface area (Å²) in [6.07, 6.45) is -0.334. The van der Waals surface area contributed by atoms with Crippen molar-refractivity contribution in [2.45, 2.75) is 37.9 Å². The number of anilines is 1. The smallest absolute Gasteiger partial charge is 0.382 e. The molecule has 5 heteroatoms. The molecule has 2 nitrogen and oxygen atoms in total. The van der Waals surface area contributed by atoms with E-state index >= 15 is 0 Å². The second kappa shape index (κ2) is 5.04. The Morgan fingerprint density at radius 2 is 2.00 bits per heavy atom. The minimum atomic E-state index is -4.06. The van der Waals surface area contributed by atoms with Gasteiger partial charge in [-0.2, -0.15) is 13.2 Å². The molecule has 1 aromatic carbocycles. The highest BCUT2D eigenvalue weighted by Crippen LogP contribution is 2.38. The SMILES string of the molecule is FC(F)(F)C1CCCC(Nc2ccc3[nH]ccc3c2)C1. The van der Waals surface area contributed by atoms with Crippen molar-refractivity contribution in [1.82, 2.24) is 4.98 Å². The second-order valence-electron chi connectivity index (χ2n) is 5.53. The fourth-order valence-electron chi connectivity index (χ4n) is 3.00. The van der Waals surface area contributed by atoms with Gasteiger partial charge in [0, 0.05) is 28.8 Å². The summed E-state index contributed by atoms with van der Waals surface area (Å²) in [4.78, 5) is 3.10. The molecule has 2 N–H and O–H groups in total. The summed E-state index contributed by atoms with van der Waals surface area (Å²) in [6.45, 7) is 0. The van der Waals surface area contributed by atoms with Crippen LogP contribution in [0.5, 0.6) is 0 Å². The van der Waals surface area contributed by atoms with Gasteiger partial charge >= 0.3 is 6.18 Å². The maximum Gasteiger partial charge on any atom is 0.391 e. The molecule has 2 atom stereocenters. The number of alkyl halides is 3. The van der Waals surface area contributed by atoms with Gasteiger partial charge in [-0.3, -0.25) is 0 Å². The number of aromatic nitrogens is 1. The topological polar surface area (TPSA) is 27.8 Å². The van der Waals surface area contributed by atoms with E-state index in [1.165, 1.54) is 0 Å². The number of nitrogens with one attached hydrogen (secondary N) is 2. The number of aromatic amines is 1. The summed E-state index contributed by atoms with van der Waals surface area (Å²) in [5, 5.41) is 4.32. The molecule has 3 rings (SSSR count). The zero-order valence-corrected chi connectivity index (χ0v) is 11.0. The molecule has 1 aliphatic carbocycles. The Balaban J connectivity index is 1.70. The first kappa shape index (κ1) is 13.3. The number of H-pyrrole nitrogens is 1. The van der Waals surface area contributed by atoms with E-state index in [1.807, 2.05) is 30.5 Å². The standard InChI is InChI=1S/C15H17F3N2/c16-15(17,18)11-2-1-3-12(9-11)20-13-4-5-14-10(8-13)6-7-19-14/h4-8,11-12,19-20H,1-3,9H2. The Kier molecular flexibility index (Phi) is 3.36. The predicted octanol–water partition coefficient (Wildman–Crippen LogP) is 4.70. The zero-order chi connectivity index (χ0) is 14.2. The molecule has 0 radical (unpaired) electrons. The Hall–Kier alpha value is -1.65. The molecule has 0 aliphatic heterocycles. The van der Waals surface area contributed by atoms with Gasteiger partial charge in [-0.25, -0.2) is 0 Å². The van der Waals surface area contributed by atoms with Crippen molar-refractivity contribution in [3.63, 3.8) is 0 Å². The van der Waals surface area contributed by atoms with Crippen LogP contribution in [0.1, 0.15) is 25.7 Å². The number of rotatable bonds is 2. The molecule has 0 amide bonds. The maximum atomic E-state index is 12.8. The molecule has 20 heavy (non-hydrogen) atoms. The summed E-state index contributed by atoms with van der Waals surface area (Å²) >= 11 is 0. The average Bonchev–Trinajstić information content (AvgIpc) is 2.85. The zero-order valence-electron chi connectivity index (χ0n) is 11.0. The minimum absolute atomic E-state index is 0.0910. The molecule has 2 aromatic rings. The van der Waals surface area contributed by atoms with E-state index in [0.717, 1.165) is 23.0 Å². The van der Waals surface area contributed by atoms with Gasteiger partial charge in [0.15, 0.2) is 0 Å². The second-order valence-corrected chi connectivity index (χ2v) is 5.53. The number of hydrogen-bond donors (Lipinski definition) is 2. The fraction of sp³-hybridized carbons (Fsp3) is 0.467. The van der Waals surface area contributed by atoms with Crippen molar-refractivity contribution >= 4 is 16.6 Å². The largest absolute Gasteiger partial charge is 0.391 e. The van der Waals surface area contributed by atoms with Gasteiger partial charge < -0.3 is 10.3 Å². The quantitative estimate of drug-likeness (QED) is 0.821. The van der Waals surface area contributed by atoms with Crippen LogP contribution in [0.25, 0.3) is 10.9 Å². The van der Waals surface area contributed by atoms with E-state index in [9.17, 15) is 13.2 Å². The average molecular weight is 282 g/mol. The van der Waals surface area contributed by atoms with Crippen LogP contribution < -0.4 is 5.32 Å². The van der Waals surface area contributed by atoms with Gasteiger partial charge in [-0.05, 0) is 43.5 Å². The Morgan fingerprint density at radius 1 is 1.15 bits per heavy atom. The Morgan fingerprint density at radius 3 is 2.80 bits per heavy atom. The van der Waals surface area contributed by atoms with Crippen LogP contribution >= 0.6 is 0 Å². The number of halogens is 3. The lowest BCUT2D eigenvalue weighted by atomic mass is 9.85. The third-order valence-electron chi connectivity index (χ3n) is 4.06. The van der Waals surface area contributed by atoms with E-state index in [2.05, 4.69) is 10.3 Å². The molecule has 0 spiro atoms. The Labute approximate surface area is 115 Å². The van der Waals surface area contributed by atoms with E-state index in [-0.39, 0.29) is 18.9 Å². The summed E-state index contributed by atoms with van der Waals surface area (Å²) in [5.74, 6) is -1.16. The van der Waals surface area contributed by atoms with Crippen LogP contribution in [-0.4, -0.2) is 17.2 Å². The van der Waals surface area contributed by atoms with Crippen molar-refractivity contribution < 1.29 is 13.2 Å². The van der Waals surface area contributed by atoms with Crippen LogP contribution in [0.3, 0.4) is 0 Å². The molecule has 0 saturated heterocycles. The molecule has 108 valence electrons. The highest BCUT2D eigenvalue weighted by Gasteiger charge is 2.42. The van der Waals surface area contributed by atoms with E-state index < -0.39 is 12.1 Å². The van der Waals surface area contributed by atoms with Gasteiger partial charge in [0.1, 0.15) is 0 Å². The number of benzene rings is 1. The van der Waals surface area contributed by atoms with Crippen LogP contribution in [0.2, 0.25) is 0 Å². The number of fused-ring (bicyclic) bond motifs is 1. The van der Waals surface area contributed by atoms with Gasteiger partial charge in [-0.1, -0.05) is 6.42 Å². The first-order chi connectivity index (χ1) is 9.52. The van der Waals surface area contributed by atoms with Crippen molar-refractivity contribution in [3.8, 4) is 0 Å². The monoisotopic (exact) mass is 282 g/mol. The normalized spacial score (nSPS) is 23.9. The molecular formula is C15H17F3N2. The summed E-state index contributed by atoms with van der Waals surface area (Å²) < 4.78 is 38.4. The van der Waals surface area contributed by atoms with Gasteiger partial charge in [-0.15, -0.1) is 0 Å². The lowest BCUT2D eigenvalue weighted by molar-refractivity contribution is -0.182. The molecule has 1 saturated carbocycles. The molecule has 1 aromatic heterocycles. The minimum Gasteiger partial charge on any atom is -0.382 e. The third kappa shape index (κ3) is 2.76. The molecule has 1 fully saturated rings. The van der Waals surface area contributed by atoms with Crippen LogP contribution in [0, 0.1) is 5.92 Å². The number of hydrogen-bond acceptors (Lipinski definition) is 1. The molecule has 1 aliphatic rings. The lowest BCUT2D eigenvalue weighted by Gasteiger charge is -2.31. The Bertz CT molecular complexity index is 588. The van der Waals surface area contributed by atoms with Crippen LogP contribution in [-0.2, 0) is 0 Å². The first-order valence-electron chi connectivity index (χ1n) is 6.93.